The Morgan fingerprint density at radius 2 is 1.91 bits per heavy atom. The van der Waals surface area contributed by atoms with E-state index in [1.54, 1.807) is 31.4 Å². The van der Waals surface area contributed by atoms with E-state index < -0.39 is 15.5 Å². The first kappa shape index (κ1) is 15.2. The third-order valence-electron chi connectivity index (χ3n) is 3.38. The molecular weight excluding hydrogens is 318 g/mol. The number of methoxy groups -OCH3 is 1. The smallest absolute Gasteiger partial charge is 0.336 e. The van der Waals surface area contributed by atoms with Crippen molar-refractivity contribution >= 4 is 20.8 Å². The van der Waals surface area contributed by atoms with Gasteiger partial charge in [0, 0.05) is 35.0 Å². The van der Waals surface area contributed by atoms with Gasteiger partial charge in [-0.1, -0.05) is 0 Å². The number of nitrogens with zero attached hydrogens (tertiary/aromatic N) is 1. The Bertz CT molecular complexity index is 1040. The fraction of sp³-hybridized carbons (Fsp3) is 0.125. The van der Waals surface area contributed by atoms with Crippen molar-refractivity contribution in [2.24, 2.45) is 0 Å². The molecule has 0 aliphatic carbocycles. The van der Waals surface area contributed by atoms with Gasteiger partial charge in [0.15, 0.2) is 14.9 Å². The second kappa shape index (κ2) is 5.51. The van der Waals surface area contributed by atoms with Crippen LogP contribution >= 0.6 is 0 Å². The number of aromatic nitrogens is 1. The van der Waals surface area contributed by atoms with Gasteiger partial charge in [0.2, 0.25) is 0 Å². The molecule has 3 rings (SSSR count). The lowest BCUT2D eigenvalue weighted by atomic mass is 10.0. The summed E-state index contributed by atoms with van der Waals surface area (Å²) in [6, 6.07) is 9.46. The number of benzene rings is 1. The molecule has 6 nitrogen and oxygen atoms in total. The van der Waals surface area contributed by atoms with Crippen LogP contribution in [0.25, 0.3) is 22.1 Å². The van der Waals surface area contributed by atoms with Crippen LogP contribution in [-0.4, -0.2) is 26.8 Å². The molecule has 2 heterocycles. The molecule has 1 aromatic carbocycles. The first-order valence-electron chi connectivity index (χ1n) is 6.67. The average Bonchev–Trinajstić information content (AvgIpc) is 2.53. The number of rotatable bonds is 3. The van der Waals surface area contributed by atoms with Crippen molar-refractivity contribution in [2.45, 2.75) is 5.03 Å². The highest BCUT2D eigenvalue weighted by Crippen LogP contribution is 2.30. The number of hydrogen-bond acceptors (Lipinski definition) is 6. The van der Waals surface area contributed by atoms with Crippen LogP contribution in [0.2, 0.25) is 0 Å². The van der Waals surface area contributed by atoms with Crippen molar-refractivity contribution in [3.8, 4) is 16.9 Å². The zero-order valence-corrected chi connectivity index (χ0v) is 13.3. The Balaban J connectivity index is 2.24. The van der Waals surface area contributed by atoms with E-state index in [1.807, 2.05) is 0 Å². The van der Waals surface area contributed by atoms with Gasteiger partial charge in [-0.15, -0.1) is 0 Å². The molecule has 0 N–H and O–H groups in total. The van der Waals surface area contributed by atoms with Crippen molar-refractivity contribution in [1.29, 1.82) is 0 Å². The first-order valence-corrected chi connectivity index (χ1v) is 8.56. The zero-order chi connectivity index (χ0) is 16.6. The third kappa shape index (κ3) is 2.95. The molecule has 2 aromatic heterocycles. The minimum absolute atomic E-state index is 0.0221. The van der Waals surface area contributed by atoms with Crippen LogP contribution in [0.4, 0.5) is 0 Å². The fourth-order valence-electron chi connectivity index (χ4n) is 2.27. The van der Waals surface area contributed by atoms with E-state index in [0.717, 1.165) is 6.26 Å². The largest absolute Gasteiger partial charge is 0.497 e. The molecule has 0 atom stereocenters. The van der Waals surface area contributed by atoms with Gasteiger partial charge in [-0.2, -0.15) is 0 Å². The molecule has 0 saturated carbocycles. The van der Waals surface area contributed by atoms with Crippen molar-refractivity contribution in [1.82, 2.24) is 4.98 Å². The number of hydrogen-bond donors (Lipinski definition) is 0. The Labute approximate surface area is 132 Å². The summed E-state index contributed by atoms with van der Waals surface area (Å²) in [6.45, 7) is 0. The van der Waals surface area contributed by atoms with Gasteiger partial charge in [-0.25, -0.2) is 18.2 Å². The van der Waals surface area contributed by atoms with Crippen molar-refractivity contribution in [3.05, 3.63) is 53.0 Å². The van der Waals surface area contributed by atoms with Crippen molar-refractivity contribution in [3.63, 3.8) is 0 Å². The van der Waals surface area contributed by atoms with Crippen molar-refractivity contribution < 1.29 is 17.6 Å². The topological polar surface area (TPSA) is 86.5 Å². The standard InChI is InChI=1S/C16H13NO5S/c1-21-11-4-5-14-13(7-11)12(8-16(18)22-14)10-3-6-15(17-9-10)23(2,19)20/h3-9H,1-2H3. The molecule has 23 heavy (non-hydrogen) atoms. The van der Waals surface area contributed by atoms with Crippen LogP contribution in [0.15, 0.2) is 56.8 Å². The molecular formula is C16H13NO5S. The quantitative estimate of drug-likeness (QED) is 0.684. The predicted molar refractivity (Wildman–Crippen MR) is 85.4 cm³/mol. The highest BCUT2D eigenvalue weighted by atomic mass is 32.2. The van der Waals surface area contributed by atoms with E-state index in [4.69, 9.17) is 9.15 Å². The van der Waals surface area contributed by atoms with Crippen LogP contribution in [0.5, 0.6) is 5.75 Å². The van der Waals surface area contributed by atoms with E-state index in [1.165, 1.54) is 18.3 Å². The van der Waals surface area contributed by atoms with Gasteiger partial charge < -0.3 is 9.15 Å². The minimum atomic E-state index is -3.37. The summed E-state index contributed by atoms with van der Waals surface area (Å²) in [5.41, 5.74) is 1.14. The molecule has 0 aliphatic heterocycles. The summed E-state index contributed by atoms with van der Waals surface area (Å²) in [5, 5.41) is 0.656. The van der Waals surface area contributed by atoms with Gasteiger partial charge in [0.05, 0.1) is 7.11 Å². The molecule has 0 radical (unpaired) electrons. The van der Waals surface area contributed by atoms with Crippen molar-refractivity contribution in [2.75, 3.05) is 13.4 Å². The monoisotopic (exact) mass is 331 g/mol. The Morgan fingerprint density at radius 3 is 2.52 bits per heavy atom. The maximum atomic E-state index is 11.7. The molecule has 0 unspecified atom stereocenters. The summed E-state index contributed by atoms with van der Waals surface area (Å²) < 4.78 is 33.3. The second-order valence-corrected chi connectivity index (χ2v) is 6.96. The highest BCUT2D eigenvalue weighted by Gasteiger charge is 2.12. The van der Waals surface area contributed by atoms with Crippen LogP contribution in [0.1, 0.15) is 0 Å². The molecule has 0 amide bonds. The van der Waals surface area contributed by atoms with Crippen LogP contribution in [0.3, 0.4) is 0 Å². The molecule has 118 valence electrons. The summed E-state index contributed by atoms with van der Waals surface area (Å²) in [5.74, 6) is 0.619. The number of sulfone groups is 1. The van der Waals surface area contributed by atoms with Gasteiger partial charge >= 0.3 is 5.63 Å². The second-order valence-electron chi connectivity index (χ2n) is 5.00. The summed E-state index contributed by atoms with van der Waals surface area (Å²) in [7, 11) is -1.83. The molecule has 7 heteroatoms. The van der Waals surface area contributed by atoms with E-state index in [2.05, 4.69) is 4.98 Å². The Kier molecular flexibility index (Phi) is 3.65. The molecule has 0 saturated heterocycles. The van der Waals surface area contributed by atoms with E-state index >= 15 is 0 Å². The summed E-state index contributed by atoms with van der Waals surface area (Å²) in [4.78, 5) is 15.7. The number of ether oxygens (including phenoxy) is 1. The fourth-order valence-corrected chi connectivity index (χ4v) is 2.83. The summed E-state index contributed by atoms with van der Waals surface area (Å²) in [6.07, 6.45) is 2.51. The maximum absolute atomic E-state index is 11.7. The van der Waals surface area contributed by atoms with Crippen LogP contribution < -0.4 is 10.4 Å². The third-order valence-corrected chi connectivity index (χ3v) is 4.38. The lowest BCUT2D eigenvalue weighted by Gasteiger charge is -2.07. The van der Waals surface area contributed by atoms with Crippen LogP contribution in [-0.2, 0) is 9.84 Å². The van der Waals surface area contributed by atoms with Crippen LogP contribution in [0, 0.1) is 0 Å². The molecule has 0 spiro atoms. The molecule has 3 aromatic rings. The maximum Gasteiger partial charge on any atom is 0.336 e. The zero-order valence-electron chi connectivity index (χ0n) is 12.4. The normalized spacial score (nSPS) is 11.6. The molecule has 0 fully saturated rings. The van der Waals surface area contributed by atoms with Gasteiger partial charge in [-0.3, -0.25) is 0 Å². The van der Waals surface area contributed by atoms with Gasteiger partial charge in [0.25, 0.3) is 0 Å². The summed E-state index contributed by atoms with van der Waals surface area (Å²) >= 11 is 0. The van der Waals surface area contributed by atoms with Gasteiger partial charge in [0.1, 0.15) is 11.3 Å². The molecule has 0 bridgehead atoms. The van der Waals surface area contributed by atoms with E-state index in [9.17, 15) is 13.2 Å². The predicted octanol–water partition coefficient (Wildman–Crippen LogP) is 2.27. The lowest BCUT2D eigenvalue weighted by molar-refractivity contribution is 0.415. The van der Waals surface area contributed by atoms with E-state index in [-0.39, 0.29) is 5.03 Å². The molecule has 0 aliphatic rings. The SMILES string of the molecule is COc1ccc2oc(=O)cc(-c3ccc(S(C)(=O)=O)nc3)c2c1. The Morgan fingerprint density at radius 1 is 1.13 bits per heavy atom. The number of fused-ring (bicyclic) bond motifs is 1. The minimum Gasteiger partial charge on any atom is -0.497 e. The highest BCUT2D eigenvalue weighted by molar-refractivity contribution is 7.90. The Hall–Kier alpha value is -2.67. The average molecular weight is 331 g/mol. The van der Waals surface area contributed by atoms with Gasteiger partial charge in [-0.05, 0) is 30.3 Å². The lowest BCUT2D eigenvalue weighted by Crippen LogP contribution is -2.01. The number of pyridine rings is 1. The van der Waals surface area contributed by atoms with E-state index in [0.29, 0.717) is 27.8 Å². The first-order chi connectivity index (χ1) is 10.9.